The molecule has 0 atom stereocenters. The molecule has 0 fully saturated rings. The van der Waals surface area contributed by atoms with Crippen LogP contribution in [-0.4, -0.2) is 65.6 Å². The third kappa shape index (κ3) is 7.10. The van der Waals surface area contributed by atoms with E-state index in [-0.39, 0.29) is 32.3 Å². The summed E-state index contributed by atoms with van der Waals surface area (Å²) in [7, 11) is 0. The molecule has 1 aliphatic heterocycles. The number of aliphatic hydroxyl groups is 1. The number of aromatic nitrogens is 2. The molecule has 0 unspecified atom stereocenters. The van der Waals surface area contributed by atoms with Crippen molar-refractivity contribution in [1.29, 1.82) is 0 Å². The van der Waals surface area contributed by atoms with Crippen LogP contribution in [0.5, 0.6) is 5.75 Å². The molecule has 3 aromatic carbocycles. The van der Waals surface area contributed by atoms with Crippen LogP contribution in [0.1, 0.15) is 21.5 Å². The molecule has 0 bridgehead atoms. The molecule has 0 saturated heterocycles. The number of anilines is 1. The molecule has 0 radical (unpaired) electrons. The zero-order valence-corrected chi connectivity index (χ0v) is 25.7. The Bertz CT molecular complexity index is 1630. The quantitative estimate of drug-likeness (QED) is 0.203. The summed E-state index contributed by atoms with van der Waals surface area (Å²) in [6.45, 7) is 3.06. The van der Waals surface area contributed by atoms with Gasteiger partial charge in [0, 0.05) is 51.6 Å². The fraction of sp³-hybridized carbons (Fsp3) is 0.258. The van der Waals surface area contributed by atoms with Crippen molar-refractivity contribution in [3.63, 3.8) is 0 Å². The number of aliphatic hydroxyl groups excluding tert-OH is 1. The summed E-state index contributed by atoms with van der Waals surface area (Å²) >= 11 is 14.4. The molecular formula is C31H30Cl2N4O5S. The van der Waals surface area contributed by atoms with Crippen LogP contribution < -0.4 is 15.0 Å². The summed E-state index contributed by atoms with van der Waals surface area (Å²) in [5, 5.41) is 17.1. The number of benzene rings is 3. The van der Waals surface area contributed by atoms with E-state index in [1.807, 2.05) is 49.5 Å². The first kappa shape index (κ1) is 30.7. The molecule has 224 valence electrons. The van der Waals surface area contributed by atoms with E-state index >= 15 is 0 Å². The number of hydrogen-bond donors (Lipinski definition) is 2. The normalized spacial score (nSPS) is 12.5. The van der Waals surface area contributed by atoms with Gasteiger partial charge in [0.05, 0.1) is 35.6 Å². The zero-order chi connectivity index (χ0) is 30.3. The number of fused-ring (bicyclic) bond motifs is 1. The Labute approximate surface area is 263 Å². The fourth-order valence-corrected chi connectivity index (χ4v) is 6.26. The molecule has 9 nitrogen and oxygen atoms in total. The average Bonchev–Trinajstić information content (AvgIpc) is 3.48. The van der Waals surface area contributed by atoms with Gasteiger partial charge in [-0.25, -0.2) is 4.79 Å². The molecule has 1 aliphatic rings. The van der Waals surface area contributed by atoms with Crippen LogP contribution in [-0.2, 0) is 11.3 Å². The number of carbonyl (C=O) groups excluding carboxylic acids is 2. The summed E-state index contributed by atoms with van der Waals surface area (Å²) in [5.74, 6) is 1.03. The van der Waals surface area contributed by atoms with E-state index in [9.17, 15) is 9.59 Å². The molecule has 5 rings (SSSR count). The van der Waals surface area contributed by atoms with E-state index in [1.165, 1.54) is 0 Å². The highest BCUT2D eigenvalue weighted by molar-refractivity contribution is 7.99. The number of thioether (sulfide) groups is 1. The topological polar surface area (TPSA) is 106 Å². The first-order chi connectivity index (χ1) is 20.9. The summed E-state index contributed by atoms with van der Waals surface area (Å²) in [5.41, 5.74) is 4.54. The van der Waals surface area contributed by atoms with E-state index in [4.69, 9.17) is 37.8 Å². The number of hydrogen-bond acceptors (Lipinski definition) is 7. The number of carbonyl (C=O) groups is 2. The van der Waals surface area contributed by atoms with Gasteiger partial charge in [-0.3, -0.25) is 14.4 Å². The van der Waals surface area contributed by atoms with Crippen molar-refractivity contribution in [2.24, 2.45) is 0 Å². The van der Waals surface area contributed by atoms with Crippen LogP contribution in [0.2, 0.25) is 10.0 Å². The lowest BCUT2D eigenvalue weighted by Gasteiger charge is -2.29. The summed E-state index contributed by atoms with van der Waals surface area (Å²) in [6, 6.07) is 16.5. The molecule has 2 heterocycles. The Kier molecular flexibility index (Phi) is 10.1. The Morgan fingerprint density at radius 2 is 1.91 bits per heavy atom. The van der Waals surface area contributed by atoms with E-state index in [1.54, 1.807) is 45.7 Å². The van der Waals surface area contributed by atoms with Gasteiger partial charge in [-0.1, -0.05) is 53.5 Å². The number of rotatable bonds is 10. The van der Waals surface area contributed by atoms with Gasteiger partial charge in [0.15, 0.2) is 0 Å². The van der Waals surface area contributed by atoms with Crippen molar-refractivity contribution >= 4 is 52.7 Å². The lowest BCUT2D eigenvalue weighted by atomic mass is 10.1. The smallest absolute Gasteiger partial charge is 0.414 e. The van der Waals surface area contributed by atoms with Gasteiger partial charge >= 0.3 is 6.09 Å². The first-order valence-electron chi connectivity index (χ1n) is 13.6. The van der Waals surface area contributed by atoms with Crippen molar-refractivity contribution in [3.05, 3.63) is 93.7 Å². The Balaban J connectivity index is 1.26. The molecule has 4 aromatic rings. The van der Waals surface area contributed by atoms with Crippen molar-refractivity contribution in [2.75, 3.05) is 43.6 Å². The largest absolute Gasteiger partial charge is 0.490 e. The minimum atomic E-state index is -0.432. The monoisotopic (exact) mass is 640 g/mol. The van der Waals surface area contributed by atoms with Gasteiger partial charge in [0.25, 0.3) is 5.91 Å². The molecule has 2 amide bonds. The Hall–Kier alpha value is -3.70. The van der Waals surface area contributed by atoms with Crippen molar-refractivity contribution in [2.45, 2.75) is 18.4 Å². The molecule has 0 spiro atoms. The number of ether oxygens (including phenoxy) is 2. The minimum absolute atomic E-state index is 0.100. The highest BCUT2D eigenvalue weighted by Gasteiger charge is 2.27. The second kappa shape index (κ2) is 14.2. The second-order valence-electron chi connectivity index (χ2n) is 9.66. The van der Waals surface area contributed by atoms with Crippen molar-refractivity contribution in [3.8, 4) is 16.9 Å². The highest BCUT2D eigenvalue weighted by Crippen LogP contribution is 2.42. The summed E-state index contributed by atoms with van der Waals surface area (Å²) < 4.78 is 13.1. The maximum absolute atomic E-state index is 13.1. The van der Waals surface area contributed by atoms with Gasteiger partial charge in [-0.2, -0.15) is 5.10 Å². The number of nitrogens with zero attached hydrogens (tertiary/aromatic N) is 3. The van der Waals surface area contributed by atoms with E-state index in [0.29, 0.717) is 40.2 Å². The van der Waals surface area contributed by atoms with E-state index < -0.39 is 6.09 Å². The summed E-state index contributed by atoms with van der Waals surface area (Å²) in [4.78, 5) is 28.1. The Morgan fingerprint density at radius 1 is 1.09 bits per heavy atom. The zero-order valence-electron chi connectivity index (χ0n) is 23.4. The van der Waals surface area contributed by atoms with Crippen molar-refractivity contribution < 1.29 is 24.2 Å². The molecule has 1 aromatic heterocycles. The highest BCUT2D eigenvalue weighted by atomic mass is 35.5. The molecule has 0 aliphatic carbocycles. The molecule has 12 heteroatoms. The molecule has 43 heavy (non-hydrogen) atoms. The maximum atomic E-state index is 13.1. The van der Waals surface area contributed by atoms with Gasteiger partial charge in [-0.05, 0) is 36.8 Å². The van der Waals surface area contributed by atoms with Crippen LogP contribution in [0.25, 0.3) is 11.1 Å². The van der Waals surface area contributed by atoms with Crippen LogP contribution in [0.15, 0.2) is 71.9 Å². The van der Waals surface area contributed by atoms with E-state index in [2.05, 4.69) is 10.4 Å². The number of amides is 2. The third-order valence-electron chi connectivity index (χ3n) is 6.85. The SMILES string of the molecule is Cc1c(Cl)cccc1OCCOC(=O)N1CCSc2c(-c3cnn(Cc4cccc(C(=O)NCCO)c4Cl)c3)cccc21. The predicted molar refractivity (Wildman–Crippen MR) is 169 cm³/mol. The average molecular weight is 642 g/mol. The van der Waals surface area contributed by atoms with E-state index in [0.717, 1.165) is 32.8 Å². The lowest BCUT2D eigenvalue weighted by molar-refractivity contribution is 0.0944. The minimum Gasteiger partial charge on any atom is -0.490 e. The second-order valence-corrected chi connectivity index (χ2v) is 11.6. The number of halogens is 2. The summed E-state index contributed by atoms with van der Waals surface area (Å²) in [6.07, 6.45) is 3.25. The van der Waals surface area contributed by atoms with Crippen LogP contribution in [0, 0.1) is 6.92 Å². The fourth-order valence-electron chi connectivity index (χ4n) is 4.67. The number of nitrogens with one attached hydrogen (secondary N) is 1. The van der Waals surface area contributed by atoms with Crippen LogP contribution >= 0.6 is 35.0 Å². The molecule has 2 N–H and O–H groups in total. The molecule has 0 saturated carbocycles. The van der Waals surface area contributed by atoms with Gasteiger partial charge in [0.2, 0.25) is 0 Å². The first-order valence-corrected chi connectivity index (χ1v) is 15.4. The molecular weight excluding hydrogens is 611 g/mol. The van der Waals surface area contributed by atoms with Gasteiger partial charge in [-0.15, -0.1) is 11.8 Å². The van der Waals surface area contributed by atoms with Crippen LogP contribution in [0.3, 0.4) is 0 Å². The van der Waals surface area contributed by atoms with Crippen LogP contribution in [0.4, 0.5) is 10.5 Å². The van der Waals surface area contributed by atoms with Crippen molar-refractivity contribution in [1.82, 2.24) is 15.1 Å². The third-order valence-corrected chi connectivity index (χ3v) is 8.81. The maximum Gasteiger partial charge on any atom is 0.414 e. The Morgan fingerprint density at radius 3 is 2.74 bits per heavy atom. The lowest BCUT2D eigenvalue weighted by Crippen LogP contribution is -2.36. The predicted octanol–water partition coefficient (Wildman–Crippen LogP) is 6.06. The van der Waals surface area contributed by atoms with Gasteiger partial charge in [0.1, 0.15) is 19.0 Å². The standard InChI is InChI=1S/C31H30Cl2N4O5S/c1-20-25(32)8-4-10-27(20)41-14-15-42-31(40)37-12-16-43-29-23(6-3-9-26(29)37)22-17-35-36(19-22)18-21-5-2-7-24(28(21)33)30(39)34-11-13-38/h2-10,17,19,38H,11-16,18H2,1H3,(H,34,39). The van der Waals surface area contributed by atoms with Gasteiger partial charge < -0.3 is 19.9 Å².